The molecule has 2 aromatic carbocycles. The minimum Gasteiger partial charge on any atom is -0.398 e. The van der Waals surface area contributed by atoms with Crippen molar-refractivity contribution in [2.75, 3.05) is 23.7 Å². The zero-order valence-corrected chi connectivity index (χ0v) is 14.0. The fourth-order valence-corrected chi connectivity index (χ4v) is 3.78. The van der Waals surface area contributed by atoms with Crippen molar-refractivity contribution in [3.8, 4) is 6.07 Å². The van der Waals surface area contributed by atoms with E-state index >= 15 is 0 Å². The monoisotopic (exact) mass is 329 g/mol. The van der Waals surface area contributed by atoms with Gasteiger partial charge in [0.15, 0.2) is 0 Å². The molecule has 0 saturated heterocycles. The van der Waals surface area contributed by atoms with E-state index in [0.717, 1.165) is 18.8 Å². The Hall–Kier alpha value is -2.52. The van der Waals surface area contributed by atoms with E-state index in [2.05, 4.69) is 4.90 Å². The fraction of sp³-hybridized carbons (Fsp3) is 0.235. The minimum absolute atomic E-state index is 0.0895. The van der Waals surface area contributed by atoms with Crippen LogP contribution in [0.5, 0.6) is 0 Å². The maximum atomic E-state index is 12.8. The highest BCUT2D eigenvalue weighted by molar-refractivity contribution is 7.91. The van der Waals surface area contributed by atoms with Gasteiger partial charge >= 0.3 is 0 Å². The van der Waals surface area contributed by atoms with Gasteiger partial charge in [0.25, 0.3) is 0 Å². The predicted molar refractivity (Wildman–Crippen MR) is 91.0 cm³/mol. The first-order valence-electron chi connectivity index (χ1n) is 7.33. The standard InChI is InChI=1S/C17H19N3O2S/c1-3-20(4-2)14-7-10-16(19)17(11-14)23(21,22)15-8-5-13(12-18)6-9-15/h5-11H,3-4,19H2,1-2H3. The molecule has 0 bridgehead atoms. The van der Waals surface area contributed by atoms with Gasteiger partial charge < -0.3 is 10.6 Å². The van der Waals surface area contributed by atoms with Gasteiger partial charge in [-0.2, -0.15) is 5.26 Å². The van der Waals surface area contributed by atoms with Crippen LogP contribution in [0.4, 0.5) is 11.4 Å². The molecular weight excluding hydrogens is 310 g/mol. The van der Waals surface area contributed by atoms with Crippen LogP contribution < -0.4 is 10.6 Å². The van der Waals surface area contributed by atoms with Crippen LogP contribution in [0.1, 0.15) is 19.4 Å². The lowest BCUT2D eigenvalue weighted by Crippen LogP contribution is -2.22. The molecular formula is C17H19N3O2S. The summed E-state index contributed by atoms with van der Waals surface area (Å²) in [5.41, 5.74) is 7.34. The average molecular weight is 329 g/mol. The number of rotatable bonds is 5. The van der Waals surface area contributed by atoms with E-state index in [1.807, 2.05) is 26.0 Å². The van der Waals surface area contributed by atoms with Gasteiger partial charge in [-0.05, 0) is 56.3 Å². The van der Waals surface area contributed by atoms with Crippen LogP contribution in [0, 0.1) is 11.3 Å². The summed E-state index contributed by atoms with van der Waals surface area (Å²) in [5, 5.41) is 8.82. The lowest BCUT2D eigenvalue weighted by atomic mass is 10.2. The molecule has 6 heteroatoms. The number of nitriles is 1. The van der Waals surface area contributed by atoms with Gasteiger partial charge in [-0.25, -0.2) is 8.42 Å². The molecule has 0 aliphatic heterocycles. The summed E-state index contributed by atoms with van der Waals surface area (Å²) in [4.78, 5) is 2.27. The first-order chi connectivity index (χ1) is 10.9. The van der Waals surface area contributed by atoms with Gasteiger partial charge in [-0.15, -0.1) is 0 Å². The summed E-state index contributed by atoms with van der Waals surface area (Å²) < 4.78 is 25.6. The molecule has 5 nitrogen and oxygen atoms in total. The van der Waals surface area contributed by atoms with E-state index in [4.69, 9.17) is 11.0 Å². The molecule has 0 radical (unpaired) electrons. The Labute approximate surface area is 136 Å². The largest absolute Gasteiger partial charge is 0.398 e. The summed E-state index contributed by atoms with van der Waals surface area (Å²) in [6.07, 6.45) is 0. The van der Waals surface area contributed by atoms with Crippen molar-refractivity contribution in [3.05, 3.63) is 48.0 Å². The molecule has 0 spiro atoms. The van der Waals surface area contributed by atoms with Crippen LogP contribution in [0.3, 0.4) is 0 Å². The normalized spacial score (nSPS) is 11.0. The first kappa shape index (κ1) is 16.8. The van der Waals surface area contributed by atoms with Crippen LogP contribution in [-0.4, -0.2) is 21.5 Å². The molecule has 23 heavy (non-hydrogen) atoms. The van der Waals surface area contributed by atoms with Gasteiger partial charge in [-0.1, -0.05) is 0 Å². The van der Waals surface area contributed by atoms with Gasteiger partial charge in [0, 0.05) is 18.8 Å². The SMILES string of the molecule is CCN(CC)c1ccc(N)c(S(=O)(=O)c2ccc(C#N)cc2)c1. The molecule has 120 valence electrons. The molecule has 2 rings (SSSR count). The van der Waals surface area contributed by atoms with Gasteiger partial charge in [-0.3, -0.25) is 0 Å². The number of nitrogens with zero attached hydrogens (tertiary/aromatic N) is 2. The third-order valence-corrected chi connectivity index (χ3v) is 5.53. The highest BCUT2D eigenvalue weighted by Gasteiger charge is 2.21. The molecule has 2 N–H and O–H groups in total. The zero-order chi connectivity index (χ0) is 17.0. The molecule has 0 aliphatic rings. The van der Waals surface area contributed by atoms with Crippen molar-refractivity contribution in [3.63, 3.8) is 0 Å². The Balaban J connectivity index is 2.54. The molecule has 0 fully saturated rings. The summed E-state index contributed by atoms with van der Waals surface area (Å²) in [5.74, 6) is 0. The van der Waals surface area contributed by atoms with E-state index in [9.17, 15) is 8.42 Å². The number of sulfone groups is 1. The van der Waals surface area contributed by atoms with Crippen molar-refractivity contribution in [2.24, 2.45) is 0 Å². The second-order valence-electron chi connectivity index (χ2n) is 5.03. The van der Waals surface area contributed by atoms with Crippen LogP contribution in [0.2, 0.25) is 0 Å². The fourth-order valence-electron chi connectivity index (χ4n) is 2.38. The van der Waals surface area contributed by atoms with E-state index in [1.54, 1.807) is 12.1 Å². The maximum absolute atomic E-state index is 12.8. The average Bonchev–Trinajstić information content (AvgIpc) is 2.57. The Morgan fingerprint density at radius 1 is 1.09 bits per heavy atom. The van der Waals surface area contributed by atoms with Crippen molar-refractivity contribution >= 4 is 21.2 Å². The number of hydrogen-bond donors (Lipinski definition) is 1. The molecule has 0 saturated carbocycles. The summed E-state index contributed by atoms with van der Waals surface area (Å²) in [7, 11) is -3.73. The molecule has 0 amide bonds. The third kappa shape index (κ3) is 3.30. The summed E-state index contributed by atoms with van der Waals surface area (Å²) in [6, 6.07) is 12.8. The van der Waals surface area contributed by atoms with Crippen LogP contribution in [0.15, 0.2) is 52.3 Å². The van der Waals surface area contributed by atoms with Crippen molar-refractivity contribution in [1.82, 2.24) is 0 Å². The van der Waals surface area contributed by atoms with E-state index in [0.29, 0.717) is 5.56 Å². The van der Waals surface area contributed by atoms with Crippen LogP contribution in [-0.2, 0) is 9.84 Å². The molecule has 2 aromatic rings. The number of nitrogen functional groups attached to an aromatic ring is 1. The molecule has 0 atom stereocenters. The van der Waals surface area contributed by atoms with E-state index in [1.165, 1.54) is 24.3 Å². The Morgan fingerprint density at radius 2 is 1.70 bits per heavy atom. The van der Waals surface area contributed by atoms with Gasteiger partial charge in [0.2, 0.25) is 9.84 Å². The highest BCUT2D eigenvalue weighted by atomic mass is 32.2. The topological polar surface area (TPSA) is 87.2 Å². The predicted octanol–water partition coefficient (Wildman–Crippen LogP) is 2.82. The van der Waals surface area contributed by atoms with Crippen LogP contribution in [0.25, 0.3) is 0 Å². The second kappa shape index (κ2) is 6.71. The van der Waals surface area contributed by atoms with Gasteiger partial charge in [0.05, 0.1) is 27.1 Å². The maximum Gasteiger partial charge on any atom is 0.208 e. The molecule has 0 unspecified atom stereocenters. The zero-order valence-electron chi connectivity index (χ0n) is 13.2. The highest BCUT2D eigenvalue weighted by Crippen LogP contribution is 2.30. The third-order valence-electron chi connectivity index (χ3n) is 3.71. The lowest BCUT2D eigenvalue weighted by molar-refractivity contribution is 0.596. The Kier molecular flexibility index (Phi) is 4.92. The van der Waals surface area contributed by atoms with Gasteiger partial charge in [0.1, 0.15) is 0 Å². The molecule has 0 heterocycles. The second-order valence-corrected chi connectivity index (χ2v) is 6.95. The quantitative estimate of drug-likeness (QED) is 0.852. The first-order valence-corrected chi connectivity index (χ1v) is 8.82. The van der Waals surface area contributed by atoms with Crippen molar-refractivity contribution < 1.29 is 8.42 Å². The minimum atomic E-state index is -3.73. The number of anilines is 2. The smallest absolute Gasteiger partial charge is 0.208 e. The van der Waals surface area contributed by atoms with Crippen molar-refractivity contribution in [2.45, 2.75) is 23.6 Å². The Morgan fingerprint density at radius 3 is 2.22 bits per heavy atom. The summed E-state index contributed by atoms with van der Waals surface area (Å²) >= 11 is 0. The van der Waals surface area contributed by atoms with Crippen LogP contribution >= 0.6 is 0 Å². The number of nitrogens with two attached hydrogens (primary N) is 1. The number of hydrogen-bond acceptors (Lipinski definition) is 5. The molecule has 0 aliphatic carbocycles. The summed E-state index contributed by atoms with van der Waals surface area (Å²) in [6.45, 7) is 5.57. The van der Waals surface area contributed by atoms with E-state index in [-0.39, 0.29) is 15.5 Å². The lowest BCUT2D eigenvalue weighted by Gasteiger charge is -2.22. The molecule has 0 aromatic heterocycles. The Bertz CT molecular complexity index is 833. The van der Waals surface area contributed by atoms with Crippen molar-refractivity contribution in [1.29, 1.82) is 5.26 Å². The van der Waals surface area contributed by atoms with E-state index < -0.39 is 9.84 Å². The number of benzene rings is 2.